The van der Waals surface area contributed by atoms with Crippen LogP contribution in [-0.4, -0.2) is 31.8 Å². The van der Waals surface area contributed by atoms with Crippen LogP contribution in [0.15, 0.2) is 28.8 Å². The normalized spacial score (nSPS) is 10.3. The number of nitrogens with one attached hydrogen (secondary N) is 1. The fourth-order valence-corrected chi connectivity index (χ4v) is 2.10. The Bertz CT molecular complexity index is 637. The number of hydrogen-bond acceptors (Lipinski definition) is 5. The second-order valence-electron chi connectivity index (χ2n) is 4.90. The number of benzene rings is 1. The molecule has 0 atom stereocenters. The van der Waals surface area contributed by atoms with Crippen LogP contribution in [0.4, 0.5) is 0 Å². The van der Waals surface area contributed by atoms with Gasteiger partial charge in [0.1, 0.15) is 5.76 Å². The SMILES string of the molecule is COc1ccc(CC(=O)NCCc2cc(C)no2)cc1OC. The van der Waals surface area contributed by atoms with Gasteiger partial charge in [0, 0.05) is 19.0 Å². The molecule has 0 saturated heterocycles. The lowest BCUT2D eigenvalue weighted by Gasteiger charge is -2.09. The molecule has 0 spiro atoms. The van der Waals surface area contributed by atoms with E-state index in [0.717, 1.165) is 17.0 Å². The largest absolute Gasteiger partial charge is 0.493 e. The summed E-state index contributed by atoms with van der Waals surface area (Å²) in [5, 5.41) is 6.66. The van der Waals surface area contributed by atoms with Gasteiger partial charge in [0.2, 0.25) is 5.91 Å². The first-order valence-corrected chi connectivity index (χ1v) is 7.02. The van der Waals surface area contributed by atoms with E-state index in [9.17, 15) is 4.79 Å². The summed E-state index contributed by atoms with van der Waals surface area (Å²) in [6.07, 6.45) is 0.911. The van der Waals surface area contributed by atoms with E-state index in [1.807, 2.05) is 19.1 Å². The van der Waals surface area contributed by atoms with Crippen LogP contribution in [0, 0.1) is 6.92 Å². The molecule has 0 aliphatic rings. The summed E-state index contributed by atoms with van der Waals surface area (Å²) < 4.78 is 15.5. The molecule has 22 heavy (non-hydrogen) atoms. The number of carbonyl (C=O) groups excluding carboxylic acids is 1. The Morgan fingerprint density at radius 3 is 2.64 bits per heavy atom. The van der Waals surface area contributed by atoms with Crippen molar-refractivity contribution in [3.63, 3.8) is 0 Å². The smallest absolute Gasteiger partial charge is 0.224 e. The molecule has 2 rings (SSSR count). The number of methoxy groups -OCH3 is 2. The second kappa shape index (κ2) is 7.49. The van der Waals surface area contributed by atoms with Crippen molar-refractivity contribution in [1.29, 1.82) is 0 Å². The Morgan fingerprint density at radius 1 is 1.23 bits per heavy atom. The highest BCUT2D eigenvalue weighted by Gasteiger charge is 2.08. The quantitative estimate of drug-likeness (QED) is 0.845. The molecule has 6 nitrogen and oxygen atoms in total. The van der Waals surface area contributed by atoms with E-state index in [1.54, 1.807) is 26.4 Å². The number of rotatable bonds is 7. The van der Waals surface area contributed by atoms with Gasteiger partial charge >= 0.3 is 0 Å². The fraction of sp³-hybridized carbons (Fsp3) is 0.375. The number of nitrogens with zero attached hydrogens (tertiary/aromatic N) is 1. The first-order valence-electron chi connectivity index (χ1n) is 7.02. The first-order chi connectivity index (χ1) is 10.6. The van der Waals surface area contributed by atoms with Crippen LogP contribution in [0.2, 0.25) is 0 Å². The van der Waals surface area contributed by atoms with Crippen LogP contribution < -0.4 is 14.8 Å². The Kier molecular flexibility index (Phi) is 5.41. The molecule has 0 aliphatic heterocycles. The molecule has 0 unspecified atom stereocenters. The molecule has 0 bridgehead atoms. The minimum Gasteiger partial charge on any atom is -0.493 e. The van der Waals surface area contributed by atoms with E-state index in [-0.39, 0.29) is 12.3 Å². The summed E-state index contributed by atoms with van der Waals surface area (Å²) in [5.74, 6) is 1.98. The van der Waals surface area contributed by atoms with E-state index in [0.29, 0.717) is 24.5 Å². The van der Waals surface area contributed by atoms with Gasteiger partial charge in [-0.15, -0.1) is 0 Å². The van der Waals surface area contributed by atoms with Crippen LogP contribution in [0.25, 0.3) is 0 Å². The summed E-state index contributed by atoms with van der Waals surface area (Å²) >= 11 is 0. The molecule has 1 amide bonds. The van der Waals surface area contributed by atoms with Gasteiger partial charge < -0.3 is 19.3 Å². The van der Waals surface area contributed by atoms with Gasteiger partial charge in [0.15, 0.2) is 11.5 Å². The minimum atomic E-state index is -0.0524. The lowest BCUT2D eigenvalue weighted by atomic mass is 10.1. The van der Waals surface area contributed by atoms with Crippen molar-refractivity contribution in [1.82, 2.24) is 10.5 Å². The van der Waals surface area contributed by atoms with Crippen LogP contribution >= 0.6 is 0 Å². The molecule has 1 aromatic carbocycles. The van der Waals surface area contributed by atoms with Crippen LogP contribution in [0.5, 0.6) is 11.5 Å². The van der Waals surface area contributed by atoms with Gasteiger partial charge in [0.05, 0.1) is 26.3 Å². The number of ether oxygens (including phenoxy) is 2. The van der Waals surface area contributed by atoms with Crippen molar-refractivity contribution in [2.45, 2.75) is 19.8 Å². The van der Waals surface area contributed by atoms with E-state index in [1.165, 1.54) is 0 Å². The van der Waals surface area contributed by atoms with Crippen LogP contribution in [-0.2, 0) is 17.6 Å². The molecule has 118 valence electrons. The zero-order chi connectivity index (χ0) is 15.9. The maximum atomic E-state index is 11.9. The number of aryl methyl sites for hydroxylation is 1. The van der Waals surface area contributed by atoms with E-state index in [4.69, 9.17) is 14.0 Å². The zero-order valence-electron chi connectivity index (χ0n) is 13.0. The van der Waals surface area contributed by atoms with Crippen molar-refractivity contribution in [3.8, 4) is 11.5 Å². The topological polar surface area (TPSA) is 73.6 Å². The molecule has 0 radical (unpaired) electrons. The van der Waals surface area contributed by atoms with Gasteiger partial charge in [0.25, 0.3) is 0 Å². The highest BCUT2D eigenvalue weighted by Crippen LogP contribution is 2.27. The van der Waals surface area contributed by atoms with E-state index in [2.05, 4.69) is 10.5 Å². The maximum absolute atomic E-state index is 11.9. The lowest BCUT2D eigenvalue weighted by molar-refractivity contribution is -0.120. The third-order valence-electron chi connectivity index (χ3n) is 3.18. The molecule has 1 heterocycles. The average Bonchev–Trinajstić information content (AvgIpc) is 2.92. The van der Waals surface area contributed by atoms with Crippen LogP contribution in [0.3, 0.4) is 0 Å². The highest BCUT2D eigenvalue weighted by atomic mass is 16.5. The predicted molar refractivity (Wildman–Crippen MR) is 81.2 cm³/mol. The molecule has 1 aromatic heterocycles. The lowest BCUT2D eigenvalue weighted by Crippen LogP contribution is -2.27. The Labute approximate surface area is 129 Å². The molecule has 2 aromatic rings. The molecule has 1 N–H and O–H groups in total. The van der Waals surface area contributed by atoms with Gasteiger partial charge in [-0.25, -0.2) is 0 Å². The van der Waals surface area contributed by atoms with Crippen molar-refractivity contribution < 1.29 is 18.8 Å². The van der Waals surface area contributed by atoms with Crippen molar-refractivity contribution >= 4 is 5.91 Å². The van der Waals surface area contributed by atoms with E-state index >= 15 is 0 Å². The molecule has 0 saturated carbocycles. The van der Waals surface area contributed by atoms with Gasteiger partial charge in [-0.05, 0) is 24.6 Å². The monoisotopic (exact) mass is 304 g/mol. The maximum Gasteiger partial charge on any atom is 0.224 e. The predicted octanol–water partition coefficient (Wildman–Crippen LogP) is 1.90. The summed E-state index contributed by atoms with van der Waals surface area (Å²) in [7, 11) is 3.15. The number of hydrogen-bond donors (Lipinski definition) is 1. The van der Waals surface area contributed by atoms with Gasteiger partial charge in [-0.3, -0.25) is 4.79 Å². The third kappa shape index (κ3) is 4.25. The summed E-state index contributed by atoms with van der Waals surface area (Å²) in [6, 6.07) is 7.30. The fourth-order valence-electron chi connectivity index (χ4n) is 2.10. The molecular weight excluding hydrogens is 284 g/mol. The molecule has 6 heteroatoms. The highest BCUT2D eigenvalue weighted by molar-refractivity contribution is 5.78. The minimum absolute atomic E-state index is 0.0524. The van der Waals surface area contributed by atoms with Crippen molar-refractivity contribution in [2.75, 3.05) is 20.8 Å². The Morgan fingerprint density at radius 2 is 2.00 bits per heavy atom. The summed E-state index contributed by atoms with van der Waals surface area (Å²) in [4.78, 5) is 11.9. The van der Waals surface area contributed by atoms with Crippen molar-refractivity contribution in [3.05, 3.63) is 41.3 Å². The van der Waals surface area contributed by atoms with Gasteiger partial charge in [-0.1, -0.05) is 11.2 Å². The third-order valence-corrected chi connectivity index (χ3v) is 3.18. The molecule has 0 aliphatic carbocycles. The summed E-state index contributed by atoms with van der Waals surface area (Å²) in [6.45, 7) is 2.38. The molecular formula is C16H20N2O4. The first kappa shape index (κ1) is 15.9. The zero-order valence-corrected chi connectivity index (χ0v) is 13.0. The number of carbonyl (C=O) groups is 1. The second-order valence-corrected chi connectivity index (χ2v) is 4.90. The summed E-state index contributed by atoms with van der Waals surface area (Å²) in [5.41, 5.74) is 1.71. The van der Waals surface area contributed by atoms with Crippen molar-refractivity contribution in [2.24, 2.45) is 0 Å². The number of amides is 1. The van der Waals surface area contributed by atoms with Gasteiger partial charge in [-0.2, -0.15) is 0 Å². The Hall–Kier alpha value is -2.50. The standard InChI is InChI=1S/C16H20N2O4/c1-11-8-13(22-18-11)6-7-17-16(19)10-12-4-5-14(20-2)15(9-12)21-3/h4-5,8-9H,6-7,10H2,1-3H3,(H,17,19). The van der Waals surface area contributed by atoms with Crippen LogP contribution in [0.1, 0.15) is 17.0 Å². The number of aromatic nitrogens is 1. The molecule has 0 fully saturated rings. The van der Waals surface area contributed by atoms with E-state index < -0.39 is 0 Å². The Balaban J connectivity index is 1.84. The average molecular weight is 304 g/mol.